The van der Waals surface area contributed by atoms with Gasteiger partial charge in [-0.05, 0) is 12.1 Å². The molecule has 2 rings (SSSR count). The lowest BCUT2D eigenvalue weighted by Crippen LogP contribution is -2.10. The molecule has 2 heterocycles. The van der Waals surface area contributed by atoms with E-state index in [9.17, 15) is 4.79 Å². The Labute approximate surface area is 104 Å². The van der Waals surface area contributed by atoms with Crippen molar-refractivity contribution in [2.45, 2.75) is 0 Å². The molecule has 0 bridgehead atoms. The van der Waals surface area contributed by atoms with Crippen LogP contribution < -0.4 is 9.47 Å². The topological polar surface area (TPSA) is 74.2 Å². The van der Waals surface area contributed by atoms with Crippen molar-refractivity contribution in [1.29, 1.82) is 0 Å². The number of rotatable bonds is 4. The number of aromatic nitrogens is 3. The van der Waals surface area contributed by atoms with Gasteiger partial charge in [0.05, 0.1) is 20.4 Å². The Morgan fingerprint density at radius 3 is 2.61 bits per heavy atom. The maximum atomic E-state index is 12.1. The van der Waals surface area contributed by atoms with Crippen LogP contribution in [0.4, 0.5) is 0 Å². The zero-order chi connectivity index (χ0) is 13.0. The number of methoxy groups -OCH3 is 2. The van der Waals surface area contributed by atoms with Gasteiger partial charge in [0.2, 0.25) is 17.5 Å². The van der Waals surface area contributed by atoms with E-state index in [4.69, 9.17) is 9.47 Å². The summed E-state index contributed by atoms with van der Waals surface area (Å²) in [6.07, 6.45) is 2.90. The monoisotopic (exact) mass is 245 g/mol. The van der Waals surface area contributed by atoms with Gasteiger partial charge in [-0.25, -0.2) is 4.98 Å². The minimum absolute atomic E-state index is 0.108. The van der Waals surface area contributed by atoms with Gasteiger partial charge in [-0.15, -0.1) is 0 Å². The van der Waals surface area contributed by atoms with Gasteiger partial charge in [0, 0.05) is 6.20 Å². The molecule has 0 saturated heterocycles. The van der Waals surface area contributed by atoms with E-state index in [1.807, 2.05) is 0 Å². The van der Waals surface area contributed by atoms with E-state index in [1.165, 1.54) is 26.6 Å². The largest absolute Gasteiger partial charge is 0.480 e. The van der Waals surface area contributed by atoms with Crippen LogP contribution in [0.25, 0.3) is 0 Å². The normalized spacial score (nSPS) is 9.89. The van der Waals surface area contributed by atoms with Gasteiger partial charge in [-0.1, -0.05) is 6.07 Å². The summed E-state index contributed by atoms with van der Waals surface area (Å²) >= 11 is 0. The number of ether oxygens (including phenoxy) is 2. The third-order valence-electron chi connectivity index (χ3n) is 2.23. The number of pyridine rings is 1. The Morgan fingerprint density at radius 1 is 1.17 bits per heavy atom. The number of ketones is 1. The van der Waals surface area contributed by atoms with Crippen molar-refractivity contribution < 1.29 is 14.3 Å². The fourth-order valence-corrected chi connectivity index (χ4v) is 1.37. The predicted molar refractivity (Wildman–Crippen MR) is 62.8 cm³/mol. The molecule has 6 nitrogen and oxygen atoms in total. The maximum absolute atomic E-state index is 12.1. The van der Waals surface area contributed by atoms with Gasteiger partial charge in [-0.2, -0.15) is 4.98 Å². The highest BCUT2D eigenvalue weighted by atomic mass is 16.5. The van der Waals surface area contributed by atoms with Crippen molar-refractivity contribution in [2.24, 2.45) is 0 Å². The van der Waals surface area contributed by atoms with Crippen molar-refractivity contribution in [3.63, 3.8) is 0 Å². The van der Waals surface area contributed by atoms with E-state index >= 15 is 0 Å². The molecule has 0 radical (unpaired) electrons. The molecule has 0 aliphatic rings. The van der Waals surface area contributed by atoms with Crippen LogP contribution >= 0.6 is 0 Å². The van der Waals surface area contributed by atoms with E-state index in [0.717, 1.165) is 0 Å². The number of nitrogens with zero attached hydrogens (tertiary/aromatic N) is 3. The Morgan fingerprint density at radius 2 is 2.00 bits per heavy atom. The summed E-state index contributed by atoms with van der Waals surface area (Å²) in [6.45, 7) is 0. The lowest BCUT2D eigenvalue weighted by atomic mass is 10.2. The highest BCUT2D eigenvalue weighted by Gasteiger charge is 2.19. The van der Waals surface area contributed by atoms with Crippen molar-refractivity contribution in [1.82, 2.24) is 15.0 Å². The van der Waals surface area contributed by atoms with Crippen molar-refractivity contribution in [3.05, 3.63) is 42.0 Å². The fraction of sp³-hybridized carbons (Fsp3) is 0.167. The molecule has 0 atom stereocenters. The Hall–Kier alpha value is -2.50. The third-order valence-corrected chi connectivity index (χ3v) is 2.23. The molecule has 92 valence electrons. The molecule has 0 amide bonds. The average Bonchev–Trinajstić information content (AvgIpc) is 2.46. The van der Waals surface area contributed by atoms with Gasteiger partial charge >= 0.3 is 0 Å². The van der Waals surface area contributed by atoms with E-state index in [0.29, 0.717) is 0 Å². The summed E-state index contributed by atoms with van der Waals surface area (Å²) in [5.74, 6) is 0.0528. The maximum Gasteiger partial charge on any atom is 0.247 e. The van der Waals surface area contributed by atoms with Gasteiger partial charge < -0.3 is 9.47 Å². The van der Waals surface area contributed by atoms with Crippen LogP contribution in [0.1, 0.15) is 16.2 Å². The molecular weight excluding hydrogens is 234 g/mol. The van der Waals surface area contributed by atoms with Crippen LogP contribution in [-0.2, 0) is 0 Å². The first-order valence-electron chi connectivity index (χ1n) is 5.17. The molecular formula is C12H11N3O3. The van der Waals surface area contributed by atoms with Crippen LogP contribution in [0, 0.1) is 0 Å². The van der Waals surface area contributed by atoms with Crippen molar-refractivity contribution in [2.75, 3.05) is 14.2 Å². The Bertz CT molecular complexity index is 558. The molecule has 0 spiro atoms. The summed E-state index contributed by atoms with van der Waals surface area (Å²) < 4.78 is 9.94. The average molecular weight is 245 g/mol. The fourth-order valence-electron chi connectivity index (χ4n) is 1.37. The molecule has 6 heteroatoms. The highest BCUT2D eigenvalue weighted by molar-refractivity contribution is 6.07. The van der Waals surface area contributed by atoms with Crippen LogP contribution in [0.5, 0.6) is 11.8 Å². The molecule has 0 aliphatic heterocycles. The first kappa shape index (κ1) is 12.0. The van der Waals surface area contributed by atoms with E-state index in [2.05, 4.69) is 15.0 Å². The molecule has 0 saturated carbocycles. The standard InChI is InChI=1S/C12H11N3O3/c1-17-9-7-14-10(12(15-9)18-2)11(16)8-5-3-4-6-13-8/h3-7H,1-2H3. The second kappa shape index (κ2) is 5.22. The quantitative estimate of drug-likeness (QED) is 0.751. The van der Waals surface area contributed by atoms with Gasteiger partial charge in [0.25, 0.3) is 0 Å². The zero-order valence-electron chi connectivity index (χ0n) is 9.95. The van der Waals surface area contributed by atoms with Crippen molar-refractivity contribution >= 4 is 5.78 Å². The molecule has 0 fully saturated rings. The number of hydrogen-bond donors (Lipinski definition) is 0. The summed E-state index contributed by atoms with van der Waals surface area (Å²) in [5, 5.41) is 0. The smallest absolute Gasteiger partial charge is 0.247 e. The van der Waals surface area contributed by atoms with Crippen LogP contribution in [-0.4, -0.2) is 35.0 Å². The first-order valence-corrected chi connectivity index (χ1v) is 5.17. The Kier molecular flexibility index (Phi) is 3.47. The number of hydrogen-bond acceptors (Lipinski definition) is 6. The first-order chi connectivity index (χ1) is 8.76. The SMILES string of the molecule is COc1cnc(C(=O)c2ccccn2)c(OC)n1. The minimum atomic E-state index is -0.345. The van der Waals surface area contributed by atoms with Crippen LogP contribution in [0.15, 0.2) is 30.6 Å². The number of carbonyl (C=O) groups is 1. The second-order valence-electron chi connectivity index (χ2n) is 3.31. The highest BCUT2D eigenvalue weighted by Crippen LogP contribution is 2.19. The van der Waals surface area contributed by atoms with Gasteiger partial charge in [0.1, 0.15) is 5.69 Å². The Balaban J connectivity index is 2.42. The zero-order valence-corrected chi connectivity index (χ0v) is 9.95. The molecule has 0 aromatic carbocycles. The molecule has 18 heavy (non-hydrogen) atoms. The van der Waals surface area contributed by atoms with Gasteiger partial charge in [-0.3, -0.25) is 9.78 Å². The van der Waals surface area contributed by atoms with E-state index in [1.54, 1.807) is 18.2 Å². The minimum Gasteiger partial charge on any atom is -0.480 e. The van der Waals surface area contributed by atoms with Crippen LogP contribution in [0.2, 0.25) is 0 Å². The summed E-state index contributed by atoms with van der Waals surface area (Å²) in [5.41, 5.74) is 0.396. The molecule has 2 aromatic rings. The summed E-state index contributed by atoms with van der Waals surface area (Å²) in [4.78, 5) is 24.1. The predicted octanol–water partition coefficient (Wildman–Crippen LogP) is 1.12. The van der Waals surface area contributed by atoms with E-state index < -0.39 is 0 Å². The molecule has 0 unspecified atom stereocenters. The van der Waals surface area contributed by atoms with Crippen LogP contribution in [0.3, 0.4) is 0 Å². The van der Waals surface area contributed by atoms with Crippen molar-refractivity contribution in [3.8, 4) is 11.8 Å². The van der Waals surface area contributed by atoms with E-state index in [-0.39, 0.29) is 28.9 Å². The molecule has 0 N–H and O–H groups in total. The lowest BCUT2D eigenvalue weighted by molar-refractivity contribution is 0.102. The molecule has 0 aliphatic carbocycles. The second-order valence-corrected chi connectivity index (χ2v) is 3.31. The molecule has 2 aromatic heterocycles. The summed E-state index contributed by atoms with van der Waals surface area (Å²) in [6, 6.07) is 5.06. The lowest BCUT2D eigenvalue weighted by Gasteiger charge is -2.06. The summed E-state index contributed by atoms with van der Waals surface area (Å²) in [7, 11) is 2.88. The van der Waals surface area contributed by atoms with Gasteiger partial charge in [0.15, 0.2) is 5.69 Å². The number of carbonyl (C=O) groups excluding carboxylic acids is 1. The third kappa shape index (κ3) is 2.27.